The molecular weight excluding hydrogens is 271 g/mol. The zero-order chi connectivity index (χ0) is 15.4. The Morgan fingerprint density at radius 3 is 2.71 bits per heavy atom. The fourth-order valence-electron chi connectivity index (χ4n) is 2.70. The van der Waals surface area contributed by atoms with Crippen molar-refractivity contribution in [3.63, 3.8) is 0 Å². The molecule has 1 aromatic rings. The molecular formula is C16H23FN2O2. The molecule has 0 radical (unpaired) electrons. The monoisotopic (exact) mass is 294 g/mol. The van der Waals surface area contributed by atoms with E-state index >= 15 is 0 Å². The van der Waals surface area contributed by atoms with Crippen LogP contribution in [0.3, 0.4) is 0 Å². The first-order valence-corrected chi connectivity index (χ1v) is 7.34. The van der Waals surface area contributed by atoms with Gasteiger partial charge in [0.25, 0.3) is 0 Å². The van der Waals surface area contributed by atoms with Gasteiger partial charge in [0.2, 0.25) is 5.91 Å². The maximum atomic E-state index is 14.0. The Hall–Kier alpha value is -1.46. The number of ether oxygens (including phenoxy) is 1. The molecule has 21 heavy (non-hydrogen) atoms. The third-order valence-corrected chi connectivity index (χ3v) is 3.70. The number of carbonyl (C=O) groups excluding carboxylic acids is 1. The third kappa shape index (κ3) is 3.60. The standard InChI is InChI=1S/C16H23FN2O2/c1-11(2)10-14-16(20)19(8-9-21-3)15(18-14)12-6-4-5-7-13(12)17/h4-7,11,14-15,18H,8-10H2,1-3H3. The van der Waals surface area contributed by atoms with Crippen LogP contribution in [0.1, 0.15) is 32.0 Å². The van der Waals surface area contributed by atoms with Crippen LogP contribution in [0, 0.1) is 11.7 Å². The van der Waals surface area contributed by atoms with Gasteiger partial charge in [0.15, 0.2) is 0 Å². The van der Waals surface area contributed by atoms with Crippen molar-refractivity contribution in [3.05, 3.63) is 35.6 Å². The minimum Gasteiger partial charge on any atom is -0.383 e. The third-order valence-electron chi connectivity index (χ3n) is 3.70. The molecule has 1 aromatic carbocycles. The summed E-state index contributed by atoms with van der Waals surface area (Å²) in [4.78, 5) is 14.2. The van der Waals surface area contributed by atoms with E-state index in [4.69, 9.17) is 4.74 Å². The second-order valence-electron chi connectivity index (χ2n) is 5.80. The summed E-state index contributed by atoms with van der Waals surface area (Å²) in [5, 5.41) is 3.27. The van der Waals surface area contributed by atoms with E-state index in [9.17, 15) is 9.18 Å². The Kier molecular flexibility index (Phi) is 5.31. The van der Waals surface area contributed by atoms with E-state index in [-0.39, 0.29) is 17.8 Å². The maximum Gasteiger partial charge on any atom is 0.241 e. The molecule has 4 nitrogen and oxygen atoms in total. The average Bonchev–Trinajstić information content (AvgIpc) is 2.73. The van der Waals surface area contributed by atoms with Crippen LogP contribution in [0.2, 0.25) is 0 Å². The van der Waals surface area contributed by atoms with Crippen molar-refractivity contribution in [1.82, 2.24) is 10.2 Å². The maximum absolute atomic E-state index is 14.0. The number of methoxy groups -OCH3 is 1. The van der Waals surface area contributed by atoms with E-state index in [1.54, 1.807) is 30.2 Å². The normalized spacial score (nSPS) is 22.3. The van der Waals surface area contributed by atoms with Crippen molar-refractivity contribution in [2.24, 2.45) is 5.92 Å². The zero-order valence-corrected chi connectivity index (χ0v) is 12.8. The largest absolute Gasteiger partial charge is 0.383 e. The molecule has 1 amide bonds. The van der Waals surface area contributed by atoms with Gasteiger partial charge in [-0.3, -0.25) is 10.1 Å². The summed E-state index contributed by atoms with van der Waals surface area (Å²) in [6.07, 6.45) is 0.324. The van der Waals surface area contributed by atoms with Gasteiger partial charge in [0.05, 0.1) is 12.6 Å². The lowest BCUT2D eigenvalue weighted by Crippen LogP contribution is -2.34. The first-order chi connectivity index (χ1) is 10.0. The van der Waals surface area contributed by atoms with Crippen molar-refractivity contribution >= 4 is 5.91 Å². The van der Waals surface area contributed by atoms with E-state index < -0.39 is 6.17 Å². The lowest BCUT2D eigenvalue weighted by molar-refractivity contribution is -0.131. The van der Waals surface area contributed by atoms with Crippen molar-refractivity contribution in [2.45, 2.75) is 32.5 Å². The van der Waals surface area contributed by atoms with Gasteiger partial charge in [-0.2, -0.15) is 0 Å². The summed E-state index contributed by atoms with van der Waals surface area (Å²) < 4.78 is 19.1. The van der Waals surface area contributed by atoms with Crippen LogP contribution in [0.25, 0.3) is 0 Å². The van der Waals surface area contributed by atoms with E-state index in [0.717, 1.165) is 6.42 Å². The first-order valence-electron chi connectivity index (χ1n) is 7.34. The lowest BCUT2D eigenvalue weighted by atomic mass is 10.0. The van der Waals surface area contributed by atoms with E-state index in [2.05, 4.69) is 19.2 Å². The molecule has 2 atom stereocenters. The molecule has 1 saturated heterocycles. The number of hydrogen-bond donors (Lipinski definition) is 1. The number of amides is 1. The minimum absolute atomic E-state index is 0.0222. The molecule has 1 fully saturated rings. The van der Waals surface area contributed by atoms with Crippen LogP contribution in [-0.2, 0) is 9.53 Å². The number of nitrogens with zero attached hydrogens (tertiary/aromatic N) is 1. The fourth-order valence-corrected chi connectivity index (χ4v) is 2.70. The smallest absolute Gasteiger partial charge is 0.241 e. The molecule has 1 aliphatic rings. The Morgan fingerprint density at radius 1 is 1.38 bits per heavy atom. The Morgan fingerprint density at radius 2 is 2.10 bits per heavy atom. The van der Waals surface area contributed by atoms with Gasteiger partial charge in [-0.05, 0) is 18.4 Å². The second-order valence-corrected chi connectivity index (χ2v) is 5.80. The summed E-state index contributed by atoms with van der Waals surface area (Å²) >= 11 is 0. The number of nitrogens with one attached hydrogen (secondary N) is 1. The molecule has 116 valence electrons. The van der Waals surface area contributed by atoms with Crippen LogP contribution < -0.4 is 5.32 Å². The van der Waals surface area contributed by atoms with Crippen molar-refractivity contribution in [3.8, 4) is 0 Å². The summed E-state index contributed by atoms with van der Waals surface area (Å²) in [5.74, 6) is 0.125. The Labute approximate surface area is 125 Å². The molecule has 0 aromatic heterocycles. The predicted octanol–water partition coefficient (Wildman–Crippen LogP) is 2.32. The first kappa shape index (κ1) is 15.9. The summed E-state index contributed by atoms with van der Waals surface area (Å²) in [6.45, 7) is 5.04. The molecule has 5 heteroatoms. The Bertz CT molecular complexity index is 493. The van der Waals surface area contributed by atoms with Crippen molar-refractivity contribution in [2.75, 3.05) is 20.3 Å². The van der Waals surface area contributed by atoms with Gasteiger partial charge in [-0.25, -0.2) is 4.39 Å². The topological polar surface area (TPSA) is 41.6 Å². The highest BCUT2D eigenvalue weighted by molar-refractivity contribution is 5.84. The molecule has 0 aliphatic carbocycles. The van der Waals surface area contributed by atoms with E-state index in [1.807, 2.05) is 0 Å². The van der Waals surface area contributed by atoms with E-state index in [0.29, 0.717) is 24.6 Å². The quantitative estimate of drug-likeness (QED) is 0.875. The van der Waals surface area contributed by atoms with E-state index in [1.165, 1.54) is 6.07 Å². The van der Waals surface area contributed by atoms with Crippen LogP contribution in [0.4, 0.5) is 4.39 Å². The van der Waals surface area contributed by atoms with Crippen molar-refractivity contribution < 1.29 is 13.9 Å². The number of benzene rings is 1. The molecule has 2 unspecified atom stereocenters. The second kappa shape index (κ2) is 7.00. The molecule has 0 saturated carbocycles. The molecule has 0 spiro atoms. The predicted molar refractivity (Wildman–Crippen MR) is 79.1 cm³/mol. The zero-order valence-electron chi connectivity index (χ0n) is 12.8. The summed E-state index contributed by atoms with van der Waals surface area (Å²) in [6, 6.07) is 6.32. The lowest BCUT2D eigenvalue weighted by Gasteiger charge is -2.24. The number of rotatable bonds is 6. The SMILES string of the molecule is COCCN1C(=O)C(CC(C)C)NC1c1ccccc1F. The molecule has 1 heterocycles. The summed E-state index contributed by atoms with van der Waals surface area (Å²) in [5.41, 5.74) is 0.508. The minimum atomic E-state index is -0.419. The Balaban J connectivity index is 2.24. The van der Waals surface area contributed by atoms with Gasteiger partial charge >= 0.3 is 0 Å². The van der Waals surface area contributed by atoms with Gasteiger partial charge in [0.1, 0.15) is 12.0 Å². The summed E-state index contributed by atoms with van der Waals surface area (Å²) in [7, 11) is 1.59. The number of carbonyl (C=O) groups is 1. The van der Waals surface area contributed by atoms with Crippen LogP contribution in [-0.4, -0.2) is 37.1 Å². The van der Waals surface area contributed by atoms with Gasteiger partial charge in [-0.1, -0.05) is 32.0 Å². The molecule has 1 aliphatic heterocycles. The highest BCUT2D eigenvalue weighted by atomic mass is 19.1. The van der Waals surface area contributed by atoms with Gasteiger partial charge < -0.3 is 9.64 Å². The van der Waals surface area contributed by atoms with Crippen LogP contribution in [0.5, 0.6) is 0 Å². The van der Waals surface area contributed by atoms with Crippen LogP contribution in [0.15, 0.2) is 24.3 Å². The molecule has 0 bridgehead atoms. The fraction of sp³-hybridized carbons (Fsp3) is 0.562. The molecule has 1 N–H and O–H groups in total. The van der Waals surface area contributed by atoms with Crippen LogP contribution >= 0.6 is 0 Å². The van der Waals surface area contributed by atoms with Gasteiger partial charge in [0, 0.05) is 19.2 Å². The highest BCUT2D eigenvalue weighted by Gasteiger charge is 2.40. The van der Waals surface area contributed by atoms with Gasteiger partial charge in [-0.15, -0.1) is 0 Å². The number of halogens is 1. The highest BCUT2D eigenvalue weighted by Crippen LogP contribution is 2.29. The number of hydrogen-bond acceptors (Lipinski definition) is 3. The van der Waals surface area contributed by atoms with Crippen molar-refractivity contribution in [1.29, 1.82) is 0 Å². The molecule has 2 rings (SSSR count). The average molecular weight is 294 g/mol.